The van der Waals surface area contributed by atoms with E-state index in [4.69, 9.17) is 14.2 Å². The van der Waals surface area contributed by atoms with Gasteiger partial charge in [-0.25, -0.2) is 4.39 Å². The monoisotopic (exact) mass is 517 g/mol. The molecular weight excluding hydrogens is 488 g/mol. The van der Waals surface area contributed by atoms with E-state index in [2.05, 4.69) is 15.6 Å². The molecule has 0 saturated heterocycles. The van der Waals surface area contributed by atoms with Gasteiger partial charge < -0.3 is 24.8 Å². The van der Waals surface area contributed by atoms with Gasteiger partial charge in [0.05, 0.1) is 13.2 Å². The van der Waals surface area contributed by atoms with Gasteiger partial charge in [-0.05, 0) is 48.4 Å². The lowest BCUT2D eigenvalue weighted by Crippen LogP contribution is -2.37. The van der Waals surface area contributed by atoms with Gasteiger partial charge in [-0.1, -0.05) is 12.1 Å². The zero-order valence-corrected chi connectivity index (χ0v) is 19.1. The largest absolute Gasteiger partial charge is 0.457 e. The molecule has 0 amide bonds. The minimum atomic E-state index is -0.283. The van der Waals surface area contributed by atoms with Crippen molar-refractivity contribution in [3.8, 4) is 11.5 Å². The molecule has 8 heteroatoms. The van der Waals surface area contributed by atoms with Crippen LogP contribution in [0.4, 0.5) is 4.39 Å². The summed E-state index contributed by atoms with van der Waals surface area (Å²) in [5.74, 6) is 1.76. The number of methoxy groups -OCH3 is 1. The van der Waals surface area contributed by atoms with Crippen molar-refractivity contribution in [2.75, 3.05) is 40.5 Å². The molecule has 0 radical (unpaired) electrons. The number of guanidine groups is 1. The van der Waals surface area contributed by atoms with Crippen molar-refractivity contribution in [3.63, 3.8) is 0 Å². The zero-order chi connectivity index (χ0) is 20.0. The van der Waals surface area contributed by atoms with Gasteiger partial charge in [0.1, 0.15) is 17.3 Å². The van der Waals surface area contributed by atoms with E-state index < -0.39 is 0 Å². The maximum Gasteiger partial charge on any atom is 0.191 e. The lowest BCUT2D eigenvalue weighted by atomic mass is 10.2. The Balaban J connectivity index is 0.00000420. The number of nitrogens with one attached hydrogen (secondary N) is 2. The summed E-state index contributed by atoms with van der Waals surface area (Å²) in [6.07, 6.45) is 0.889. The first-order valence-corrected chi connectivity index (χ1v) is 9.25. The van der Waals surface area contributed by atoms with Gasteiger partial charge in [0, 0.05) is 33.9 Å². The molecule has 0 aromatic heterocycles. The highest BCUT2D eigenvalue weighted by molar-refractivity contribution is 14.0. The molecule has 0 heterocycles. The topological polar surface area (TPSA) is 64.1 Å². The molecule has 0 spiro atoms. The predicted octanol–water partition coefficient (Wildman–Crippen LogP) is 3.95. The van der Waals surface area contributed by atoms with Gasteiger partial charge in [-0.15, -0.1) is 24.0 Å². The van der Waals surface area contributed by atoms with Crippen LogP contribution in [0.5, 0.6) is 11.5 Å². The second kappa shape index (κ2) is 15.0. The highest BCUT2D eigenvalue weighted by atomic mass is 127. The fraction of sp³-hybridized carbons (Fsp3) is 0.381. The summed E-state index contributed by atoms with van der Waals surface area (Å²) >= 11 is 0. The summed E-state index contributed by atoms with van der Waals surface area (Å²) in [5.41, 5.74) is 1.09. The Hall–Kier alpha value is -1.91. The van der Waals surface area contributed by atoms with Gasteiger partial charge in [0.2, 0.25) is 0 Å². The maximum atomic E-state index is 12.9. The third-order valence-corrected chi connectivity index (χ3v) is 3.85. The lowest BCUT2D eigenvalue weighted by Gasteiger charge is -2.12. The molecule has 2 aromatic carbocycles. The van der Waals surface area contributed by atoms with Crippen LogP contribution in [0.1, 0.15) is 12.0 Å². The van der Waals surface area contributed by atoms with Gasteiger partial charge in [-0.2, -0.15) is 0 Å². The minimum Gasteiger partial charge on any atom is -0.457 e. The van der Waals surface area contributed by atoms with Crippen LogP contribution in [-0.4, -0.2) is 46.5 Å². The Kier molecular flexibility index (Phi) is 13.0. The van der Waals surface area contributed by atoms with Gasteiger partial charge >= 0.3 is 0 Å². The van der Waals surface area contributed by atoms with Crippen LogP contribution in [0.3, 0.4) is 0 Å². The summed E-state index contributed by atoms with van der Waals surface area (Å²) in [5, 5.41) is 6.52. The van der Waals surface area contributed by atoms with Crippen LogP contribution in [0.2, 0.25) is 0 Å². The molecule has 6 nitrogen and oxygen atoms in total. The summed E-state index contributed by atoms with van der Waals surface area (Å²) in [6, 6.07) is 13.7. The second-order valence-corrected chi connectivity index (χ2v) is 6.01. The number of ether oxygens (including phenoxy) is 3. The SMILES string of the molecule is CN=C(NCCCOCCOC)NCc1ccc(Oc2ccc(F)cc2)cc1.I. The number of hydrogen-bond donors (Lipinski definition) is 2. The molecule has 2 aromatic rings. The minimum absolute atomic E-state index is 0. The van der Waals surface area contributed by atoms with Crippen LogP contribution < -0.4 is 15.4 Å². The zero-order valence-electron chi connectivity index (χ0n) is 16.8. The number of halogens is 2. The smallest absolute Gasteiger partial charge is 0.191 e. The Bertz CT molecular complexity index is 712. The van der Waals surface area contributed by atoms with E-state index in [0.29, 0.717) is 37.9 Å². The second-order valence-electron chi connectivity index (χ2n) is 6.01. The Morgan fingerprint density at radius 1 is 0.931 bits per heavy atom. The third-order valence-electron chi connectivity index (χ3n) is 3.85. The van der Waals surface area contributed by atoms with Gasteiger partial charge in [-0.3, -0.25) is 4.99 Å². The predicted molar refractivity (Wildman–Crippen MR) is 124 cm³/mol. The van der Waals surface area contributed by atoms with E-state index in [9.17, 15) is 4.39 Å². The third kappa shape index (κ3) is 10.4. The molecular formula is C21H29FIN3O3. The molecule has 0 aliphatic rings. The van der Waals surface area contributed by atoms with Crippen molar-refractivity contribution in [2.45, 2.75) is 13.0 Å². The van der Waals surface area contributed by atoms with Gasteiger partial charge in [0.15, 0.2) is 5.96 Å². The normalized spacial score (nSPS) is 10.9. The van der Waals surface area contributed by atoms with E-state index in [1.54, 1.807) is 26.3 Å². The molecule has 0 bridgehead atoms. The first-order chi connectivity index (χ1) is 13.7. The fourth-order valence-corrected chi connectivity index (χ4v) is 2.35. The summed E-state index contributed by atoms with van der Waals surface area (Å²) in [7, 11) is 3.40. The van der Waals surface area contributed by atoms with E-state index in [-0.39, 0.29) is 29.8 Å². The lowest BCUT2D eigenvalue weighted by molar-refractivity contribution is 0.0698. The fourth-order valence-electron chi connectivity index (χ4n) is 2.35. The number of rotatable bonds is 11. The summed E-state index contributed by atoms with van der Waals surface area (Å²) in [6.45, 7) is 3.33. The molecule has 160 valence electrons. The Morgan fingerprint density at radius 3 is 2.21 bits per heavy atom. The van der Waals surface area contributed by atoms with Crippen molar-refractivity contribution >= 4 is 29.9 Å². The molecule has 0 aliphatic carbocycles. The average Bonchev–Trinajstić information content (AvgIpc) is 2.72. The molecule has 0 atom stereocenters. The molecule has 29 heavy (non-hydrogen) atoms. The number of nitrogens with zero attached hydrogens (tertiary/aromatic N) is 1. The van der Waals surface area contributed by atoms with E-state index in [1.807, 2.05) is 24.3 Å². The molecule has 0 unspecified atom stereocenters. The summed E-state index contributed by atoms with van der Waals surface area (Å²) in [4.78, 5) is 4.21. The standard InChI is InChI=1S/C21H28FN3O3.HI/c1-23-21(24-12-3-13-27-15-14-26-2)25-16-17-4-8-19(9-5-17)28-20-10-6-18(22)7-11-20;/h4-11H,3,12-16H2,1-2H3,(H2,23,24,25);1H. The van der Waals surface area contributed by atoms with Crippen LogP contribution in [0, 0.1) is 5.82 Å². The number of benzene rings is 2. The van der Waals surface area contributed by atoms with Crippen LogP contribution in [-0.2, 0) is 16.0 Å². The average molecular weight is 517 g/mol. The summed E-state index contributed by atoms with van der Waals surface area (Å²) < 4.78 is 29.0. The molecule has 0 aliphatic heterocycles. The number of hydrogen-bond acceptors (Lipinski definition) is 4. The molecule has 2 rings (SSSR count). The highest BCUT2D eigenvalue weighted by Gasteiger charge is 2.01. The van der Waals surface area contributed by atoms with E-state index in [1.165, 1.54) is 12.1 Å². The highest BCUT2D eigenvalue weighted by Crippen LogP contribution is 2.21. The Morgan fingerprint density at radius 2 is 1.59 bits per heavy atom. The van der Waals surface area contributed by atoms with Crippen molar-refractivity contribution in [3.05, 3.63) is 59.9 Å². The molecule has 2 N–H and O–H groups in total. The van der Waals surface area contributed by atoms with Crippen LogP contribution in [0.15, 0.2) is 53.5 Å². The maximum absolute atomic E-state index is 12.9. The number of aliphatic imine (C=N–C) groups is 1. The first kappa shape index (κ1) is 25.1. The molecule has 0 fully saturated rings. The first-order valence-electron chi connectivity index (χ1n) is 9.25. The van der Waals surface area contributed by atoms with Crippen molar-refractivity contribution in [1.29, 1.82) is 0 Å². The van der Waals surface area contributed by atoms with Crippen molar-refractivity contribution in [1.82, 2.24) is 10.6 Å². The van der Waals surface area contributed by atoms with Crippen LogP contribution >= 0.6 is 24.0 Å². The Labute approximate surface area is 188 Å². The molecule has 0 saturated carbocycles. The van der Waals surface area contributed by atoms with Crippen molar-refractivity contribution in [2.24, 2.45) is 4.99 Å². The van der Waals surface area contributed by atoms with E-state index in [0.717, 1.165) is 24.5 Å². The van der Waals surface area contributed by atoms with E-state index >= 15 is 0 Å². The van der Waals surface area contributed by atoms with Crippen LogP contribution in [0.25, 0.3) is 0 Å². The van der Waals surface area contributed by atoms with Gasteiger partial charge in [0.25, 0.3) is 0 Å². The van der Waals surface area contributed by atoms with Crippen molar-refractivity contribution < 1.29 is 18.6 Å². The quantitative estimate of drug-likeness (QED) is 0.205.